The average molecular weight is 334 g/mol. The molecule has 2 heterocycles. The minimum atomic E-state index is 0.887. The Bertz CT molecular complexity index is 827. The van der Waals surface area contributed by atoms with E-state index in [0.717, 1.165) is 29.9 Å². The van der Waals surface area contributed by atoms with E-state index in [9.17, 15) is 0 Å². The van der Waals surface area contributed by atoms with Crippen LogP contribution in [0.5, 0.6) is 0 Å². The Morgan fingerprint density at radius 1 is 0.917 bits per heavy atom. The molecule has 0 atom stereocenters. The van der Waals surface area contributed by atoms with Gasteiger partial charge in [0.15, 0.2) is 5.16 Å². The largest absolute Gasteiger partial charge is 0.309 e. The molecule has 120 valence electrons. The minimum Gasteiger partial charge on any atom is -0.309 e. The van der Waals surface area contributed by atoms with E-state index in [4.69, 9.17) is 0 Å². The number of hydrogen-bond donors (Lipinski definition) is 0. The normalized spacial score (nSPS) is 13.6. The molecule has 0 N–H and O–H groups in total. The maximum atomic E-state index is 4.39. The summed E-state index contributed by atoms with van der Waals surface area (Å²) >= 11 is 1.72. The van der Waals surface area contributed by atoms with E-state index < -0.39 is 0 Å². The molecular formula is C19H18N4S. The molecule has 0 bridgehead atoms. The van der Waals surface area contributed by atoms with Crippen LogP contribution in [0.15, 0.2) is 71.9 Å². The maximum absolute atomic E-state index is 4.39. The fourth-order valence-corrected chi connectivity index (χ4v) is 3.58. The summed E-state index contributed by atoms with van der Waals surface area (Å²) in [6, 6.07) is 20.7. The number of fused-ring (bicyclic) bond motifs is 1. The van der Waals surface area contributed by atoms with Crippen molar-refractivity contribution in [3.63, 3.8) is 0 Å². The third-order valence-electron chi connectivity index (χ3n) is 3.97. The highest BCUT2D eigenvalue weighted by atomic mass is 32.2. The maximum Gasteiger partial charge on any atom is 0.232 e. The number of hydrogen-bond acceptors (Lipinski definition) is 4. The second-order valence-corrected chi connectivity index (χ2v) is 6.53. The predicted octanol–water partition coefficient (Wildman–Crippen LogP) is 4.24. The van der Waals surface area contributed by atoms with Gasteiger partial charge in [-0.2, -0.15) is 0 Å². The minimum absolute atomic E-state index is 0.887. The summed E-state index contributed by atoms with van der Waals surface area (Å²) < 4.78 is 2.20. The topological polar surface area (TPSA) is 34.0 Å². The molecule has 0 amide bonds. The van der Waals surface area contributed by atoms with Crippen LogP contribution in [-0.4, -0.2) is 27.1 Å². The van der Waals surface area contributed by atoms with Crippen molar-refractivity contribution >= 4 is 29.5 Å². The summed E-state index contributed by atoms with van der Waals surface area (Å²) in [7, 11) is 0. The highest BCUT2D eigenvalue weighted by molar-refractivity contribution is 7.99. The van der Waals surface area contributed by atoms with Crippen LogP contribution in [0.1, 0.15) is 5.56 Å². The van der Waals surface area contributed by atoms with Gasteiger partial charge < -0.3 is 4.90 Å². The first-order valence-corrected chi connectivity index (χ1v) is 9.00. The Morgan fingerprint density at radius 3 is 2.46 bits per heavy atom. The molecule has 24 heavy (non-hydrogen) atoms. The molecule has 0 saturated carbocycles. The Hall–Kier alpha value is -2.53. The number of nitrogens with zero attached hydrogens (tertiary/aromatic N) is 4. The van der Waals surface area contributed by atoms with Gasteiger partial charge in [0.1, 0.15) is 0 Å². The van der Waals surface area contributed by atoms with Crippen molar-refractivity contribution in [1.29, 1.82) is 0 Å². The lowest BCUT2D eigenvalue weighted by atomic mass is 10.2. The number of rotatable bonds is 5. The SMILES string of the molecule is C(=Cc1ccccc1)CSc1nnc2n1CCN2c1ccccc1. The molecule has 0 aliphatic carbocycles. The van der Waals surface area contributed by atoms with Gasteiger partial charge in [-0.1, -0.05) is 72.4 Å². The van der Waals surface area contributed by atoms with Crippen LogP contribution in [-0.2, 0) is 6.54 Å². The van der Waals surface area contributed by atoms with E-state index in [1.807, 2.05) is 12.1 Å². The van der Waals surface area contributed by atoms with Crippen LogP contribution in [0.4, 0.5) is 11.6 Å². The third kappa shape index (κ3) is 3.08. The van der Waals surface area contributed by atoms with Crippen molar-refractivity contribution in [2.45, 2.75) is 11.7 Å². The Balaban J connectivity index is 1.43. The first-order valence-electron chi connectivity index (χ1n) is 8.02. The fourth-order valence-electron chi connectivity index (χ4n) is 2.81. The smallest absolute Gasteiger partial charge is 0.232 e. The van der Waals surface area contributed by atoms with Crippen LogP contribution in [0, 0.1) is 0 Å². The molecule has 0 radical (unpaired) electrons. The molecule has 3 aromatic rings. The molecular weight excluding hydrogens is 316 g/mol. The van der Waals surface area contributed by atoms with E-state index in [0.29, 0.717) is 0 Å². The lowest BCUT2D eigenvalue weighted by molar-refractivity contribution is 0.704. The monoisotopic (exact) mass is 334 g/mol. The summed E-state index contributed by atoms with van der Waals surface area (Å²) in [6.45, 7) is 1.88. The molecule has 0 spiro atoms. The molecule has 1 aliphatic heterocycles. The van der Waals surface area contributed by atoms with Crippen molar-refractivity contribution < 1.29 is 0 Å². The van der Waals surface area contributed by atoms with Crippen molar-refractivity contribution in [2.24, 2.45) is 0 Å². The van der Waals surface area contributed by atoms with Gasteiger partial charge in [0, 0.05) is 24.5 Å². The first kappa shape index (κ1) is 15.0. The van der Waals surface area contributed by atoms with Crippen LogP contribution in [0.3, 0.4) is 0 Å². The van der Waals surface area contributed by atoms with Crippen LogP contribution in [0.25, 0.3) is 6.08 Å². The summed E-state index contributed by atoms with van der Waals surface area (Å²) in [6.07, 6.45) is 4.32. The Morgan fingerprint density at radius 2 is 1.67 bits per heavy atom. The van der Waals surface area contributed by atoms with Gasteiger partial charge in [-0.15, -0.1) is 10.2 Å². The van der Waals surface area contributed by atoms with Crippen molar-refractivity contribution in [3.8, 4) is 0 Å². The first-order chi connectivity index (χ1) is 11.9. The zero-order chi connectivity index (χ0) is 16.2. The quantitative estimate of drug-likeness (QED) is 0.654. The summed E-state index contributed by atoms with van der Waals surface area (Å²) in [4.78, 5) is 2.22. The van der Waals surface area contributed by atoms with E-state index in [1.165, 1.54) is 11.3 Å². The molecule has 2 aromatic carbocycles. The number of benzene rings is 2. The molecule has 1 aromatic heterocycles. The molecule has 0 unspecified atom stereocenters. The van der Waals surface area contributed by atoms with Crippen molar-refractivity contribution in [2.75, 3.05) is 17.2 Å². The van der Waals surface area contributed by atoms with E-state index in [-0.39, 0.29) is 0 Å². The van der Waals surface area contributed by atoms with Crippen molar-refractivity contribution in [1.82, 2.24) is 14.8 Å². The molecule has 0 saturated heterocycles. The molecule has 0 fully saturated rings. The van der Waals surface area contributed by atoms with Crippen LogP contribution < -0.4 is 4.90 Å². The molecule has 4 rings (SSSR count). The van der Waals surface area contributed by atoms with Gasteiger partial charge >= 0.3 is 0 Å². The van der Waals surface area contributed by atoms with Gasteiger partial charge in [-0.3, -0.25) is 4.57 Å². The van der Waals surface area contributed by atoms with Gasteiger partial charge in [0.25, 0.3) is 0 Å². The highest BCUT2D eigenvalue weighted by Gasteiger charge is 2.25. The second kappa shape index (κ2) is 6.93. The Labute approximate surface area is 145 Å². The number of aromatic nitrogens is 3. The standard InChI is InChI=1S/C19H18N4S/c1-3-8-16(9-4-1)10-7-15-24-19-21-20-18-22(13-14-23(18)19)17-11-5-2-6-12-17/h1-12H,13-15H2. The fraction of sp³-hybridized carbons (Fsp3) is 0.158. The number of para-hydroxylation sites is 1. The van der Waals surface area contributed by atoms with Crippen LogP contribution >= 0.6 is 11.8 Å². The molecule has 4 nitrogen and oxygen atoms in total. The highest BCUT2D eigenvalue weighted by Crippen LogP contribution is 2.31. The van der Waals surface area contributed by atoms with Gasteiger partial charge in [-0.25, -0.2) is 0 Å². The van der Waals surface area contributed by atoms with E-state index >= 15 is 0 Å². The average Bonchev–Trinajstić information content (AvgIpc) is 3.23. The Kier molecular flexibility index (Phi) is 4.34. The summed E-state index contributed by atoms with van der Waals surface area (Å²) in [5.74, 6) is 1.83. The van der Waals surface area contributed by atoms with Gasteiger partial charge in [-0.05, 0) is 17.7 Å². The van der Waals surface area contributed by atoms with Crippen molar-refractivity contribution in [3.05, 3.63) is 72.3 Å². The van der Waals surface area contributed by atoms with Gasteiger partial charge in [0.2, 0.25) is 5.95 Å². The number of thioether (sulfide) groups is 1. The number of anilines is 2. The molecule has 1 aliphatic rings. The predicted molar refractivity (Wildman–Crippen MR) is 99.7 cm³/mol. The van der Waals surface area contributed by atoms with Gasteiger partial charge in [0.05, 0.1) is 0 Å². The summed E-state index contributed by atoms with van der Waals surface area (Å²) in [5, 5.41) is 9.73. The lowest BCUT2D eigenvalue weighted by Gasteiger charge is -2.14. The summed E-state index contributed by atoms with van der Waals surface area (Å²) in [5.41, 5.74) is 2.39. The zero-order valence-electron chi connectivity index (χ0n) is 13.2. The van der Waals surface area contributed by atoms with E-state index in [2.05, 4.69) is 80.3 Å². The lowest BCUT2D eigenvalue weighted by Crippen LogP contribution is -2.13. The molecule has 5 heteroatoms. The zero-order valence-corrected chi connectivity index (χ0v) is 14.1. The second-order valence-electron chi connectivity index (χ2n) is 5.55. The van der Waals surface area contributed by atoms with Crippen LogP contribution in [0.2, 0.25) is 0 Å². The van der Waals surface area contributed by atoms with E-state index in [1.54, 1.807) is 11.8 Å². The third-order valence-corrected chi connectivity index (χ3v) is 4.89.